The monoisotopic (exact) mass is 337 g/mol. The number of anilines is 1. The van der Waals surface area contributed by atoms with Crippen LogP contribution in [-0.4, -0.2) is 26.3 Å². The highest BCUT2D eigenvalue weighted by Gasteiger charge is 2.28. The maximum absolute atomic E-state index is 13.7. The molecule has 3 heterocycles. The van der Waals surface area contributed by atoms with Gasteiger partial charge in [0.15, 0.2) is 5.65 Å². The van der Waals surface area contributed by atoms with Crippen molar-refractivity contribution in [2.45, 2.75) is 44.1 Å². The second-order valence-electron chi connectivity index (χ2n) is 7.06. The first-order valence-electron chi connectivity index (χ1n) is 9.02. The molecule has 1 aromatic carbocycles. The molecule has 0 saturated heterocycles. The molecule has 0 amide bonds. The summed E-state index contributed by atoms with van der Waals surface area (Å²) in [6, 6.07) is 5.36. The normalized spacial score (nSPS) is 20.6. The molecular weight excluding hydrogens is 317 g/mol. The van der Waals surface area contributed by atoms with E-state index in [1.54, 1.807) is 18.5 Å². The van der Waals surface area contributed by atoms with E-state index >= 15 is 0 Å². The van der Waals surface area contributed by atoms with Crippen LogP contribution in [0.15, 0.2) is 30.7 Å². The Morgan fingerprint density at radius 1 is 1.12 bits per heavy atom. The number of nitrogens with zero attached hydrogens (tertiary/aromatic N) is 4. The SMILES string of the molecule is Fc1ccc2c(c1)C(c1ncnc3nn(C4CCCCC4)cc13)CN2. The van der Waals surface area contributed by atoms with Gasteiger partial charge in [0, 0.05) is 24.3 Å². The van der Waals surface area contributed by atoms with Crippen LogP contribution in [-0.2, 0) is 0 Å². The van der Waals surface area contributed by atoms with Crippen LogP contribution in [0.3, 0.4) is 0 Å². The number of aromatic nitrogens is 4. The number of hydrogen-bond donors (Lipinski definition) is 1. The average molecular weight is 337 g/mol. The van der Waals surface area contributed by atoms with Crippen molar-refractivity contribution in [1.82, 2.24) is 19.7 Å². The lowest BCUT2D eigenvalue weighted by atomic mass is 9.95. The first-order valence-corrected chi connectivity index (χ1v) is 9.02. The van der Waals surface area contributed by atoms with Gasteiger partial charge in [0.2, 0.25) is 0 Å². The first kappa shape index (κ1) is 14.8. The Balaban J connectivity index is 1.58. The fourth-order valence-electron chi connectivity index (χ4n) is 4.23. The molecule has 2 aliphatic rings. The van der Waals surface area contributed by atoms with E-state index in [0.717, 1.165) is 34.5 Å². The Labute approximate surface area is 145 Å². The molecule has 6 heteroatoms. The lowest BCUT2D eigenvalue weighted by molar-refractivity contribution is 0.331. The van der Waals surface area contributed by atoms with Gasteiger partial charge in [-0.2, -0.15) is 5.10 Å². The summed E-state index contributed by atoms with van der Waals surface area (Å²) in [5.41, 5.74) is 3.62. The second kappa shape index (κ2) is 5.79. The molecule has 1 atom stereocenters. The molecule has 0 radical (unpaired) electrons. The second-order valence-corrected chi connectivity index (χ2v) is 7.06. The minimum atomic E-state index is -0.212. The van der Waals surface area contributed by atoms with Gasteiger partial charge in [0.1, 0.15) is 12.1 Å². The topological polar surface area (TPSA) is 55.6 Å². The Bertz CT molecular complexity index is 929. The molecule has 0 bridgehead atoms. The van der Waals surface area contributed by atoms with Crippen LogP contribution in [0.2, 0.25) is 0 Å². The van der Waals surface area contributed by atoms with Gasteiger partial charge in [-0.15, -0.1) is 0 Å². The number of halogens is 1. The predicted octanol–water partition coefficient (Wildman–Crippen LogP) is 4.03. The van der Waals surface area contributed by atoms with Gasteiger partial charge in [-0.05, 0) is 36.6 Å². The van der Waals surface area contributed by atoms with E-state index in [0.29, 0.717) is 6.04 Å². The summed E-state index contributed by atoms with van der Waals surface area (Å²) in [6.45, 7) is 0.722. The molecule has 128 valence electrons. The summed E-state index contributed by atoms with van der Waals surface area (Å²) in [4.78, 5) is 8.91. The van der Waals surface area contributed by atoms with Crippen molar-refractivity contribution in [3.63, 3.8) is 0 Å². The molecule has 1 aliphatic heterocycles. The van der Waals surface area contributed by atoms with Crippen LogP contribution in [0.1, 0.15) is 55.3 Å². The van der Waals surface area contributed by atoms with Crippen LogP contribution in [0.4, 0.5) is 10.1 Å². The molecule has 3 aromatic rings. The minimum Gasteiger partial charge on any atom is -0.384 e. The first-order chi connectivity index (χ1) is 12.3. The van der Waals surface area contributed by atoms with Gasteiger partial charge >= 0.3 is 0 Å². The van der Waals surface area contributed by atoms with Gasteiger partial charge in [0.05, 0.1) is 17.1 Å². The Morgan fingerprint density at radius 2 is 2.00 bits per heavy atom. The fraction of sp³-hybridized carbons (Fsp3) is 0.421. The van der Waals surface area contributed by atoms with E-state index in [9.17, 15) is 4.39 Å². The van der Waals surface area contributed by atoms with Crippen LogP contribution in [0, 0.1) is 5.82 Å². The van der Waals surface area contributed by atoms with Gasteiger partial charge in [-0.1, -0.05) is 19.3 Å². The standard InChI is InChI=1S/C19H20FN5/c20-12-6-7-17-14(8-12)15(9-21-17)18-16-10-25(13-4-2-1-3-5-13)24-19(16)23-11-22-18/h6-8,10-11,13,15,21H,1-5,9H2. The van der Waals surface area contributed by atoms with E-state index in [1.165, 1.54) is 38.2 Å². The summed E-state index contributed by atoms with van der Waals surface area (Å²) < 4.78 is 15.8. The summed E-state index contributed by atoms with van der Waals surface area (Å²) >= 11 is 0. The lowest BCUT2D eigenvalue weighted by Crippen LogP contribution is -2.13. The maximum atomic E-state index is 13.7. The Kier molecular flexibility index (Phi) is 3.43. The smallest absolute Gasteiger partial charge is 0.184 e. The Morgan fingerprint density at radius 3 is 2.88 bits per heavy atom. The zero-order valence-electron chi connectivity index (χ0n) is 14.0. The van der Waals surface area contributed by atoms with E-state index in [1.807, 2.05) is 0 Å². The van der Waals surface area contributed by atoms with E-state index in [2.05, 4.69) is 26.2 Å². The molecule has 1 saturated carbocycles. The van der Waals surface area contributed by atoms with Crippen molar-refractivity contribution < 1.29 is 4.39 Å². The van der Waals surface area contributed by atoms with Gasteiger partial charge in [-0.25, -0.2) is 14.4 Å². The number of nitrogens with one attached hydrogen (secondary N) is 1. The minimum absolute atomic E-state index is 0.0280. The zero-order valence-corrected chi connectivity index (χ0v) is 14.0. The molecule has 25 heavy (non-hydrogen) atoms. The summed E-state index contributed by atoms with van der Waals surface area (Å²) in [7, 11) is 0. The highest BCUT2D eigenvalue weighted by Crippen LogP contribution is 2.38. The van der Waals surface area contributed by atoms with Gasteiger partial charge in [-0.3, -0.25) is 4.68 Å². The number of rotatable bonds is 2. The van der Waals surface area contributed by atoms with Gasteiger partial charge in [0.25, 0.3) is 0 Å². The molecular formula is C19H20FN5. The van der Waals surface area contributed by atoms with E-state index < -0.39 is 0 Å². The quantitative estimate of drug-likeness (QED) is 0.767. The summed E-state index contributed by atoms with van der Waals surface area (Å²) in [6.07, 6.45) is 9.87. The van der Waals surface area contributed by atoms with Crippen molar-refractivity contribution >= 4 is 16.7 Å². The van der Waals surface area contributed by atoms with E-state index in [-0.39, 0.29) is 11.7 Å². The molecule has 1 fully saturated rings. The maximum Gasteiger partial charge on any atom is 0.184 e. The third-order valence-corrected chi connectivity index (χ3v) is 5.53. The highest BCUT2D eigenvalue weighted by molar-refractivity contribution is 5.79. The Hall–Kier alpha value is -2.50. The molecule has 5 nitrogen and oxygen atoms in total. The third-order valence-electron chi connectivity index (χ3n) is 5.53. The zero-order chi connectivity index (χ0) is 16.8. The average Bonchev–Trinajstić information content (AvgIpc) is 3.26. The third kappa shape index (κ3) is 2.47. The largest absolute Gasteiger partial charge is 0.384 e. The van der Waals surface area contributed by atoms with Gasteiger partial charge < -0.3 is 5.32 Å². The molecule has 1 N–H and O–H groups in total. The van der Waals surface area contributed by atoms with Crippen molar-refractivity contribution in [3.05, 3.63) is 47.8 Å². The van der Waals surface area contributed by atoms with Crippen LogP contribution < -0.4 is 5.32 Å². The van der Waals surface area contributed by atoms with Crippen molar-refractivity contribution in [3.8, 4) is 0 Å². The molecule has 1 aliphatic carbocycles. The molecule has 1 unspecified atom stereocenters. The number of benzene rings is 1. The number of fused-ring (bicyclic) bond motifs is 2. The lowest BCUT2D eigenvalue weighted by Gasteiger charge is -2.21. The highest BCUT2D eigenvalue weighted by atomic mass is 19.1. The van der Waals surface area contributed by atoms with Crippen molar-refractivity contribution in [2.24, 2.45) is 0 Å². The summed E-state index contributed by atoms with van der Waals surface area (Å²) in [5.74, 6) is -0.184. The number of hydrogen-bond acceptors (Lipinski definition) is 4. The van der Waals surface area contributed by atoms with Crippen LogP contribution in [0.25, 0.3) is 11.0 Å². The van der Waals surface area contributed by atoms with Crippen molar-refractivity contribution in [2.75, 3.05) is 11.9 Å². The molecule has 5 rings (SSSR count). The van der Waals surface area contributed by atoms with Crippen LogP contribution >= 0.6 is 0 Å². The molecule has 0 spiro atoms. The predicted molar refractivity (Wildman–Crippen MR) is 94.2 cm³/mol. The van der Waals surface area contributed by atoms with E-state index in [4.69, 9.17) is 5.10 Å². The van der Waals surface area contributed by atoms with Crippen LogP contribution in [0.5, 0.6) is 0 Å². The van der Waals surface area contributed by atoms with Crippen molar-refractivity contribution in [1.29, 1.82) is 0 Å². The fourth-order valence-corrected chi connectivity index (χ4v) is 4.23. The molecule has 2 aromatic heterocycles. The summed E-state index contributed by atoms with van der Waals surface area (Å²) in [5, 5.41) is 9.05.